The van der Waals surface area contributed by atoms with Crippen LogP contribution in [-0.4, -0.2) is 19.9 Å². The molecule has 3 aromatic rings. The second kappa shape index (κ2) is 15.6. The van der Waals surface area contributed by atoms with Crippen molar-refractivity contribution in [3.63, 3.8) is 0 Å². The van der Waals surface area contributed by atoms with Crippen molar-refractivity contribution in [1.29, 1.82) is 0 Å². The van der Waals surface area contributed by atoms with Gasteiger partial charge >= 0.3 is 0 Å². The van der Waals surface area contributed by atoms with Gasteiger partial charge in [-0.15, -0.1) is 0 Å². The van der Waals surface area contributed by atoms with Gasteiger partial charge in [-0.25, -0.2) is 9.97 Å². The Morgan fingerprint density at radius 1 is 0.404 bits per heavy atom. The number of rotatable bonds is 3. The lowest BCUT2D eigenvalue weighted by molar-refractivity contribution is 0.577. The molecule has 0 spiro atoms. The molecule has 270 valence electrons. The van der Waals surface area contributed by atoms with Crippen LogP contribution in [0.2, 0.25) is 0 Å². The molecular weight excluding hydrogens is 633 g/mol. The zero-order chi connectivity index (χ0) is 34.7. The van der Waals surface area contributed by atoms with Crippen molar-refractivity contribution in [2.45, 2.75) is 159 Å². The Bertz CT molecular complexity index is 2030. The van der Waals surface area contributed by atoms with E-state index >= 15 is 0 Å². The van der Waals surface area contributed by atoms with Crippen LogP contribution in [0.15, 0.2) is 24.3 Å². The molecule has 2 N–H and O–H groups in total. The Kier molecular flexibility index (Phi) is 10.2. The number of fused-ring (bicyclic) bond motifs is 8. The van der Waals surface area contributed by atoms with Crippen LogP contribution in [0.4, 0.5) is 0 Å². The topological polar surface area (TPSA) is 57.4 Å². The van der Waals surface area contributed by atoms with E-state index in [2.05, 4.69) is 70.4 Å². The summed E-state index contributed by atoms with van der Waals surface area (Å²) in [6.07, 6.45) is 37.5. The maximum absolute atomic E-state index is 5.60. The van der Waals surface area contributed by atoms with Gasteiger partial charge in [0.1, 0.15) is 0 Å². The van der Waals surface area contributed by atoms with Crippen molar-refractivity contribution >= 4 is 46.4 Å². The van der Waals surface area contributed by atoms with E-state index in [4.69, 9.17) is 9.97 Å². The summed E-state index contributed by atoms with van der Waals surface area (Å²) in [5.74, 6) is 9.58. The molecule has 4 heteroatoms. The molecule has 6 aliphatic rings. The predicted molar refractivity (Wildman–Crippen MR) is 219 cm³/mol. The van der Waals surface area contributed by atoms with E-state index < -0.39 is 0 Å². The predicted octanol–water partition coefficient (Wildman–Crippen LogP) is 13.5. The van der Waals surface area contributed by atoms with Crippen LogP contribution >= 0.6 is 0 Å². The first-order valence-electron chi connectivity index (χ1n) is 21.5. The van der Waals surface area contributed by atoms with E-state index in [0.29, 0.717) is 23.7 Å². The third kappa shape index (κ3) is 7.10. The summed E-state index contributed by atoms with van der Waals surface area (Å²) in [5, 5.41) is 0. The fraction of sp³-hybridized carbons (Fsp3) is 0.542. The lowest BCUT2D eigenvalue weighted by atomic mass is 9.90. The summed E-state index contributed by atoms with van der Waals surface area (Å²) in [5.41, 5.74) is 14.6. The third-order valence-electron chi connectivity index (χ3n) is 13.4. The highest BCUT2D eigenvalue weighted by atomic mass is 14.8. The zero-order valence-electron chi connectivity index (χ0n) is 31.4. The standard InChI is InChI=1S/C48H58N4/c1-2-8-16-33(15-7-1)23-24-37-38-25-27-40(49-38)46(34-17-9-3-4-10-18-34)42-29-31-44(51-42)48(35-19-11-5-6-12-20-35)45-32-30-43(52-45)47(36-21-13-14-22-36)41-28-26-39(37)50-41/h25-36,49,51H,1-22H2. The fourth-order valence-electron chi connectivity index (χ4n) is 10.6. The molecule has 0 amide bonds. The van der Waals surface area contributed by atoms with Gasteiger partial charge in [0.2, 0.25) is 0 Å². The maximum Gasteiger partial charge on any atom is 0.0815 e. The lowest BCUT2D eigenvalue weighted by Gasteiger charge is -2.17. The highest BCUT2D eigenvalue weighted by molar-refractivity contribution is 5.85. The molecule has 0 aromatic carbocycles. The summed E-state index contributed by atoms with van der Waals surface area (Å²) in [6.45, 7) is 0. The van der Waals surface area contributed by atoms with E-state index in [0.717, 1.165) is 28.2 Å². The smallest absolute Gasteiger partial charge is 0.0815 e. The Morgan fingerprint density at radius 2 is 0.788 bits per heavy atom. The average molecular weight is 691 g/mol. The Balaban J connectivity index is 1.34. The van der Waals surface area contributed by atoms with Crippen LogP contribution in [-0.2, 0) is 0 Å². The summed E-state index contributed by atoms with van der Waals surface area (Å²) < 4.78 is 0. The molecule has 4 nitrogen and oxygen atoms in total. The molecule has 3 aromatic heterocycles. The molecule has 0 radical (unpaired) electrons. The highest BCUT2D eigenvalue weighted by Gasteiger charge is 2.27. The van der Waals surface area contributed by atoms with E-state index in [9.17, 15) is 0 Å². The summed E-state index contributed by atoms with van der Waals surface area (Å²) in [7, 11) is 0. The van der Waals surface area contributed by atoms with Crippen LogP contribution in [0, 0.1) is 17.8 Å². The molecule has 4 aliphatic carbocycles. The van der Waals surface area contributed by atoms with Crippen molar-refractivity contribution in [1.82, 2.24) is 19.9 Å². The number of aromatic amines is 2. The minimum Gasteiger partial charge on any atom is -0.355 e. The van der Waals surface area contributed by atoms with Crippen molar-refractivity contribution in [3.05, 3.63) is 69.3 Å². The van der Waals surface area contributed by atoms with E-state index in [1.54, 1.807) is 0 Å². The van der Waals surface area contributed by atoms with Gasteiger partial charge < -0.3 is 9.97 Å². The number of aromatic nitrogens is 4. The van der Waals surface area contributed by atoms with Crippen molar-refractivity contribution in [3.8, 4) is 11.8 Å². The summed E-state index contributed by atoms with van der Waals surface area (Å²) >= 11 is 0. The molecule has 9 rings (SSSR count). The number of nitrogens with one attached hydrogen (secondary N) is 2. The molecular formula is C48H58N4. The zero-order valence-corrected chi connectivity index (χ0v) is 31.4. The van der Waals surface area contributed by atoms with Gasteiger partial charge in [0.15, 0.2) is 0 Å². The normalized spacial score (nSPS) is 21.1. The second-order valence-electron chi connectivity index (χ2n) is 16.9. The van der Waals surface area contributed by atoms with Crippen molar-refractivity contribution in [2.24, 2.45) is 5.92 Å². The van der Waals surface area contributed by atoms with Crippen molar-refractivity contribution in [2.75, 3.05) is 0 Å². The molecule has 0 atom stereocenters. The largest absolute Gasteiger partial charge is 0.355 e. The van der Waals surface area contributed by atoms with E-state index in [1.165, 1.54) is 180 Å². The minimum absolute atomic E-state index is 0.469. The first-order chi connectivity index (χ1) is 25.8. The first kappa shape index (κ1) is 34.0. The fourth-order valence-corrected chi connectivity index (χ4v) is 10.6. The van der Waals surface area contributed by atoms with Crippen LogP contribution < -0.4 is 0 Å². The second-order valence-corrected chi connectivity index (χ2v) is 16.9. The SMILES string of the molecule is C(#CC1CCCCCC1)c1c2nc(c(C3CCCC3)c3nc(c(C4CCCCCC4)c4ccc([nH]4)c(C4CCCCCC4)c4ccc1[nH]4)C=C3)C=C2. The van der Waals surface area contributed by atoms with Crippen LogP contribution in [0.25, 0.3) is 46.4 Å². The van der Waals surface area contributed by atoms with Crippen LogP contribution in [0.3, 0.4) is 0 Å². The van der Waals surface area contributed by atoms with Crippen molar-refractivity contribution < 1.29 is 0 Å². The minimum atomic E-state index is 0.469. The Labute approximate surface area is 311 Å². The van der Waals surface area contributed by atoms with Gasteiger partial charge in [-0.1, -0.05) is 102 Å². The van der Waals surface area contributed by atoms with E-state index in [-0.39, 0.29) is 0 Å². The molecule has 2 aliphatic heterocycles. The molecule has 52 heavy (non-hydrogen) atoms. The molecule has 0 saturated heterocycles. The monoisotopic (exact) mass is 690 g/mol. The molecule has 8 bridgehead atoms. The quantitative estimate of drug-likeness (QED) is 0.146. The first-order valence-corrected chi connectivity index (χ1v) is 21.5. The number of H-pyrrole nitrogens is 2. The molecule has 5 heterocycles. The number of nitrogens with zero attached hydrogens (tertiary/aromatic N) is 2. The van der Waals surface area contributed by atoms with Gasteiger partial charge in [-0.2, -0.15) is 0 Å². The maximum atomic E-state index is 5.60. The highest BCUT2D eigenvalue weighted by Crippen LogP contribution is 2.42. The van der Waals surface area contributed by atoms with Gasteiger partial charge in [0.05, 0.1) is 33.9 Å². The molecule has 4 fully saturated rings. The van der Waals surface area contributed by atoms with Crippen LogP contribution in [0.5, 0.6) is 0 Å². The van der Waals surface area contributed by atoms with Gasteiger partial charge in [-0.3, -0.25) is 0 Å². The number of hydrogen-bond acceptors (Lipinski definition) is 2. The van der Waals surface area contributed by atoms with Gasteiger partial charge in [-0.05, 0) is 118 Å². The summed E-state index contributed by atoms with van der Waals surface area (Å²) in [6, 6.07) is 9.44. The van der Waals surface area contributed by atoms with Crippen LogP contribution in [0.1, 0.15) is 204 Å². The Hall–Kier alpha value is -3.84. The average Bonchev–Trinajstić information content (AvgIpc) is 4.00. The Morgan fingerprint density at radius 3 is 1.37 bits per heavy atom. The van der Waals surface area contributed by atoms with Gasteiger partial charge in [0.25, 0.3) is 0 Å². The lowest BCUT2D eigenvalue weighted by Crippen LogP contribution is -2.03. The molecule has 4 saturated carbocycles. The van der Waals surface area contributed by atoms with Gasteiger partial charge in [0, 0.05) is 39.2 Å². The molecule has 0 unspecified atom stereocenters. The number of hydrogen-bond donors (Lipinski definition) is 2. The summed E-state index contributed by atoms with van der Waals surface area (Å²) in [4.78, 5) is 19.2. The van der Waals surface area contributed by atoms with E-state index in [1.807, 2.05) is 0 Å². The third-order valence-corrected chi connectivity index (χ3v) is 13.4.